The molecule has 0 bridgehead atoms. The van der Waals surface area contributed by atoms with E-state index in [0.29, 0.717) is 24.5 Å². The SMILES string of the molecule is COc1cc2c(cc1OC)C(CC(=O)O)N(C(=O)/C=C/c1c(-c3ccccc3)n(C)c3ncccc13)CC2.Cl. The third-order valence-electron chi connectivity index (χ3n) is 7.08. The summed E-state index contributed by atoms with van der Waals surface area (Å²) in [6.07, 6.45) is 5.47. The zero-order valence-electron chi connectivity index (χ0n) is 22.0. The maximum absolute atomic E-state index is 13.6. The van der Waals surface area contributed by atoms with Crippen LogP contribution in [0.25, 0.3) is 28.4 Å². The van der Waals surface area contributed by atoms with Gasteiger partial charge in [-0.25, -0.2) is 4.98 Å². The van der Waals surface area contributed by atoms with E-state index in [0.717, 1.165) is 39.0 Å². The quantitative estimate of drug-likeness (QED) is 0.316. The molecule has 1 N–H and O–H groups in total. The van der Waals surface area contributed by atoms with Crippen LogP contribution in [0.15, 0.2) is 66.9 Å². The standard InChI is InChI=1S/C30H29N3O5.ClH/c1-32-29(19-8-5-4-6-9-19)21(22-10-7-14-31-30(22)32)11-12-27(34)33-15-13-20-16-25(37-2)26(38-3)17-23(20)24(33)18-28(35)36;/h4-12,14,16-17,24H,13,15,18H2,1-3H3,(H,35,36);1H/b12-11+;. The van der Waals surface area contributed by atoms with E-state index in [9.17, 15) is 14.7 Å². The maximum Gasteiger partial charge on any atom is 0.305 e. The number of aliphatic carboxylic acids is 1. The Balaban J connectivity index is 0.00000353. The highest BCUT2D eigenvalue weighted by Crippen LogP contribution is 2.40. The van der Waals surface area contributed by atoms with Gasteiger partial charge in [0.1, 0.15) is 5.65 Å². The number of ether oxygens (including phenoxy) is 2. The minimum atomic E-state index is -0.981. The van der Waals surface area contributed by atoms with E-state index in [1.807, 2.05) is 66.2 Å². The third-order valence-corrected chi connectivity index (χ3v) is 7.08. The highest BCUT2D eigenvalue weighted by atomic mass is 35.5. The number of carboxylic acids is 1. The molecular formula is C30H30ClN3O5. The number of carboxylic acid groups (broad SMARTS) is 1. The van der Waals surface area contributed by atoms with Crippen molar-refractivity contribution in [2.45, 2.75) is 18.9 Å². The number of carbonyl (C=O) groups excluding carboxylic acids is 1. The van der Waals surface area contributed by atoms with Crippen molar-refractivity contribution in [3.8, 4) is 22.8 Å². The zero-order valence-corrected chi connectivity index (χ0v) is 22.8. The van der Waals surface area contributed by atoms with Crippen molar-refractivity contribution >= 4 is 41.4 Å². The number of hydrogen-bond acceptors (Lipinski definition) is 5. The van der Waals surface area contributed by atoms with Gasteiger partial charge in [-0.2, -0.15) is 0 Å². The number of amides is 1. The van der Waals surface area contributed by atoms with Crippen molar-refractivity contribution in [3.05, 3.63) is 83.6 Å². The van der Waals surface area contributed by atoms with Crippen molar-refractivity contribution in [2.24, 2.45) is 7.05 Å². The van der Waals surface area contributed by atoms with Gasteiger partial charge in [-0.15, -0.1) is 12.4 Å². The van der Waals surface area contributed by atoms with Crippen LogP contribution in [0.1, 0.15) is 29.2 Å². The molecule has 5 rings (SSSR count). The van der Waals surface area contributed by atoms with Crippen LogP contribution in [-0.4, -0.2) is 52.2 Å². The van der Waals surface area contributed by atoms with Gasteiger partial charge in [0.15, 0.2) is 11.5 Å². The van der Waals surface area contributed by atoms with E-state index in [2.05, 4.69) is 4.98 Å². The summed E-state index contributed by atoms with van der Waals surface area (Å²) in [5.74, 6) is -0.150. The largest absolute Gasteiger partial charge is 0.493 e. The molecule has 9 heteroatoms. The highest BCUT2D eigenvalue weighted by molar-refractivity contribution is 6.00. The number of aromatic nitrogens is 2. The van der Waals surface area contributed by atoms with Gasteiger partial charge in [0.25, 0.3) is 0 Å². The summed E-state index contributed by atoms with van der Waals surface area (Å²) in [7, 11) is 5.06. The Bertz CT molecular complexity index is 1550. The van der Waals surface area contributed by atoms with E-state index in [-0.39, 0.29) is 24.7 Å². The van der Waals surface area contributed by atoms with E-state index < -0.39 is 12.0 Å². The first-order valence-electron chi connectivity index (χ1n) is 12.4. The second-order valence-electron chi connectivity index (χ2n) is 9.20. The number of aryl methyl sites for hydroxylation is 1. The minimum absolute atomic E-state index is 0. The van der Waals surface area contributed by atoms with Gasteiger partial charge in [-0.3, -0.25) is 9.59 Å². The van der Waals surface area contributed by atoms with Crippen molar-refractivity contribution < 1.29 is 24.2 Å². The molecule has 0 saturated carbocycles. The van der Waals surface area contributed by atoms with Crippen LogP contribution in [-0.2, 0) is 23.1 Å². The molecule has 1 aliphatic heterocycles. The summed E-state index contributed by atoms with van der Waals surface area (Å²) in [6.45, 7) is 0.395. The molecule has 0 radical (unpaired) electrons. The number of nitrogens with zero attached hydrogens (tertiary/aromatic N) is 3. The van der Waals surface area contributed by atoms with E-state index in [4.69, 9.17) is 9.47 Å². The predicted molar refractivity (Wildman–Crippen MR) is 152 cm³/mol. The Morgan fingerprint density at radius 2 is 1.79 bits per heavy atom. The lowest BCUT2D eigenvalue weighted by Gasteiger charge is -2.36. The molecule has 4 aromatic rings. The van der Waals surface area contributed by atoms with Crippen LogP contribution in [0, 0.1) is 0 Å². The van der Waals surface area contributed by atoms with E-state index in [1.54, 1.807) is 24.3 Å². The first-order chi connectivity index (χ1) is 18.4. The maximum atomic E-state index is 13.6. The predicted octanol–water partition coefficient (Wildman–Crippen LogP) is 5.29. The molecular weight excluding hydrogens is 518 g/mol. The average Bonchev–Trinajstić information content (AvgIpc) is 3.22. The third kappa shape index (κ3) is 5.20. The number of fused-ring (bicyclic) bond motifs is 2. The van der Waals surface area contributed by atoms with Gasteiger partial charge >= 0.3 is 5.97 Å². The molecule has 39 heavy (non-hydrogen) atoms. The van der Waals surface area contributed by atoms with Gasteiger partial charge in [-0.1, -0.05) is 30.3 Å². The summed E-state index contributed by atoms with van der Waals surface area (Å²) in [4.78, 5) is 31.6. The van der Waals surface area contributed by atoms with Gasteiger partial charge in [0, 0.05) is 36.8 Å². The second kappa shape index (κ2) is 11.6. The number of methoxy groups -OCH3 is 2. The summed E-state index contributed by atoms with van der Waals surface area (Å²) in [5, 5.41) is 10.6. The van der Waals surface area contributed by atoms with E-state index in [1.165, 1.54) is 13.2 Å². The topological polar surface area (TPSA) is 93.9 Å². The van der Waals surface area contributed by atoms with Crippen molar-refractivity contribution in [1.82, 2.24) is 14.5 Å². The van der Waals surface area contributed by atoms with Crippen LogP contribution < -0.4 is 9.47 Å². The molecule has 0 aliphatic carbocycles. The number of halogens is 1. The molecule has 1 atom stereocenters. The van der Waals surface area contributed by atoms with Crippen molar-refractivity contribution in [2.75, 3.05) is 20.8 Å². The smallest absolute Gasteiger partial charge is 0.305 e. The van der Waals surface area contributed by atoms with Crippen LogP contribution in [0.3, 0.4) is 0 Å². The Morgan fingerprint density at radius 3 is 2.49 bits per heavy atom. The van der Waals surface area contributed by atoms with Crippen LogP contribution in [0.5, 0.6) is 11.5 Å². The number of carbonyl (C=O) groups is 2. The number of pyridine rings is 1. The molecule has 8 nitrogen and oxygen atoms in total. The summed E-state index contributed by atoms with van der Waals surface area (Å²) in [5.41, 5.74) is 5.37. The molecule has 202 valence electrons. The first-order valence-corrected chi connectivity index (χ1v) is 12.4. The molecule has 2 aromatic carbocycles. The summed E-state index contributed by atoms with van der Waals surface area (Å²) >= 11 is 0. The molecule has 3 heterocycles. The molecule has 1 unspecified atom stereocenters. The monoisotopic (exact) mass is 547 g/mol. The summed E-state index contributed by atoms with van der Waals surface area (Å²) in [6, 6.07) is 16.9. The number of hydrogen-bond donors (Lipinski definition) is 1. The summed E-state index contributed by atoms with van der Waals surface area (Å²) < 4.78 is 12.9. The molecule has 0 spiro atoms. The van der Waals surface area contributed by atoms with Gasteiger partial charge in [-0.05, 0) is 53.5 Å². The van der Waals surface area contributed by atoms with Crippen molar-refractivity contribution in [1.29, 1.82) is 0 Å². The Kier molecular flexibility index (Phi) is 8.26. The molecule has 2 aromatic heterocycles. The zero-order chi connectivity index (χ0) is 26.8. The van der Waals surface area contributed by atoms with Crippen molar-refractivity contribution in [3.63, 3.8) is 0 Å². The normalized spacial score (nSPS) is 14.6. The lowest BCUT2D eigenvalue weighted by molar-refractivity contribution is -0.140. The van der Waals surface area contributed by atoms with Crippen LogP contribution in [0.2, 0.25) is 0 Å². The van der Waals surface area contributed by atoms with Gasteiger partial charge in [0.2, 0.25) is 5.91 Å². The fourth-order valence-corrected chi connectivity index (χ4v) is 5.33. The fraction of sp³-hybridized carbons (Fsp3) is 0.233. The Morgan fingerprint density at radius 1 is 1.08 bits per heavy atom. The average molecular weight is 548 g/mol. The van der Waals surface area contributed by atoms with Crippen LogP contribution in [0.4, 0.5) is 0 Å². The lowest BCUT2D eigenvalue weighted by Crippen LogP contribution is -2.40. The minimum Gasteiger partial charge on any atom is -0.493 e. The molecule has 1 aliphatic rings. The Hall–Kier alpha value is -4.30. The first kappa shape index (κ1) is 27.7. The van der Waals surface area contributed by atoms with Gasteiger partial charge in [0.05, 0.1) is 32.4 Å². The highest BCUT2D eigenvalue weighted by Gasteiger charge is 2.33. The molecule has 0 saturated heterocycles. The Labute approximate surface area is 232 Å². The van der Waals surface area contributed by atoms with Gasteiger partial charge < -0.3 is 24.0 Å². The van der Waals surface area contributed by atoms with Crippen LogP contribution >= 0.6 is 12.4 Å². The molecule has 0 fully saturated rings. The number of benzene rings is 2. The molecule has 1 amide bonds. The lowest BCUT2D eigenvalue weighted by atomic mass is 9.90. The second-order valence-corrected chi connectivity index (χ2v) is 9.20. The number of rotatable bonds is 7. The fourth-order valence-electron chi connectivity index (χ4n) is 5.33. The van der Waals surface area contributed by atoms with E-state index >= 15 is 0 Å².